The van der Waals surface area contributed by atoms with Gasteiger partial charge in [0.25, 0.3) is 5.88 Å². The second-order valence-electron chi connectivity index (χ2n) is 16.7. The van der Waals surface area contributed by atoms with E-state index in [0.29, 0.717) is 40.6 Å². The number of carbonyl (C=O) groups excluding carboxylic acids is 2. The van der Waals surface area contributed by atoms with Gasteiger partial charge in [0, 0.05) is 29.3 Å². The lowest BCUT2D eigenvalue weighted by Gasteiger charge is -2.55. The van der Waals surface area contributed by atoms with Crippen molar-refractivity contribution in [2.45, 2.75) is 97.2 Å². The number of aromatic nitrogens is 1. The maximum atomic E-state index is 16.0. The van der Waals surface area contributed by atoms with Gasteiger partial charge in [-0.2, -0.15) is 0 Å². The van der Waals surface area contributed by atoms with E-state index < -0.39 is 49.2 Å². The number of nitrogens with zero attached hydrogens (tertiary/aromatic N) is 2. The smallest absolute Gasteiger partial charge is 0.265 e. The first-order chi connectivity index (χ1) is 23.9. The minimum atomic E-state index is -2.88. The first-order valence-corrected chi connectivity index (χ1v) is 20.9. The number of ether oxygens (including phenoxy) is 1. The van der Waals surface area contributed by atoms with Crippen molar-refractivity contribution in [3.8, 4) is 5.88 Å². The van der Waals surface area contributed by atoms with E-state index in [1.54, 1.807) is 0 Å². The summed E-state index contributed by atoms with van der Waals surface area (Å²) < 4.78 is 35.2. The molecule has 0 amide bonds. The number of hydrogen-bond donors (Lipinski definition) is 2. The van der Waals surface area contributed by atoms with Gasteiger partial charge in [-0.05, 0) is 98.2 Å². The zero-order chi connectivity index (χ0) is 37.2. The quantitative estimate of drug-likeness (QED) is 0.158. The van der Waals surface area contributed by atoms with Crippen molar-refractivity contribution in [1.82, 2.24) is 10.1 Å². The fraction of sp³-hybridized carbons (Fsp3) is 0.525. The summed E-state index contributed by atoms with van der Waals surface area (Å²) in [6.07, 6.45) is 1.37. The van der Waals surface area contributed by atoms with Crippen molar-refractivity contribution in [3.05, 3.63) is 81.4 Å². The van der Waals surface area contributed by atoms with E-state index in [4.69, 9.17) is 13.7 Å². The highest BCUT2D eigenvalue weighted by Gasteiger charge is 2.68. The van der Waals surface area contributed by atoms with Crippen molar-refractivity contribution in [3.63, 3.8) is 0 Å². The first-order valence-electron chi connectivity index (χ1n) is 18.0. The third kappa shape index (κ3) is 6.14. The second-order valence-corrected chi connectivity index (χ2v) is 21.4. The number of rotatable bonds is 10. The Hall–Kier alpha value is -3.80. The molecule has 4 atom stereocenters. The summed E-state index contributed by atoms with van der Waals surface area (Å²) >= 11 is 0. The molecule has 3 aromatic rings. The molecule has 0 aliphatic heterocycles. The van der Waals surface area contributed by atoms with Crippen LogP contribution in [-0.2, 0) is 22.2 Å². The highest BCUT2D eigenvalue weighted by Crippen LogP contribution is 2.59. The standard InChI is InChI=1S/C40H52FN3O6Si/c1-22(2)16-17-42-29-20-28(41)26-18-25-19-27-33(44(7)8)35-32(38(43-49-35)48-21-24-14-12-11-13-15-24)37(47)40(27,50-51(9,10)39(4,5)6)36(46)31(25)34(45)30(26)23(29)3/h11-15,20,22,25,27,33,42,45H,16-19,21H2,1-10H3/t25-,27-,33-,40-/m0/s1. The van der Waals surface area contributed by atoms with Gasteiger partial charge in [0.05, 0.1) is 6.04 Å². The van der Waals surface area contributed by atoms with Crippen LogP contribution in [0.4, 0.5) is 10.1 Å². The van der Waals surface area contributed by atoms with Crippen LogP contribution in [0, 0.1) is 30.5 Å². The molecule has 3 aliphatic carbocycles. The van der Waals surface area contributed by atoms with Crippen molar-refractivity contribution in [2.75, 3.05) is 26.0 Å². The van der Waals surface area contributed by atoms with Crippen LogP contribution in [-0.4, -0.2) is 61.3 Å². The predicted octanol–water partition coefficient (Wildman–Crippen LogP) is 8.45. The van der Waals surface area contributed by atoms with E-state index in [2.05, 4.69) is 45.1 Å². The first kappa shape index (κ1) is 37.0. The molecule has 1 heterocycles. The van der Waals surface area contributed by atoms with Gasteiger partial charge in [0.15, 0.2) is 19.7 Å². The summed E-state index contributed by atoms with van der Waals surface area (Å²) in [6, 6.07) is 10.4. The SMILES string of the molecule is Cc1c(NCCC(C)C)cc(F)c2c1C(O)=C1C(=O)[C@]3(O[Si](C)(C)C(C)(C)C)C(=O)c4c(OCc5ccccc5)noc4[C@@H](N(C)C)[C@@H]3C[C@@H]1C2. The van der Waals surface area contributed by atoms with Crippen LogP contribution in [0.2, 0.25) is 18.1 Å². The molecule has 3 aliphatic rings. The number of nitrogens with one attached hydrogen (secondary N) is 1. The van der Waals surface area contributed by atoms with E-state index in [0.717, 1.165) is 12.0 Å². The van der Waals surface area contributed by atoms with Gasteiger partial charge in [-0.3, -0.25) is 14.5 Å². The molecule has 274 valence electrons. The molecule has 1 saturated carbocycles. The lowest BCUT2D eigenvalue weighted by Crippen LogP contribution is -2.68. The molecule has 2 aromatic carbocycles. The van der Waals surface area contributed by atoms with Crippen LogP contribution < -0.4 is 10.1 Å². The van der Waals surface area contributed by atoms with E-state index in [1.807, 2.05) is 69.3 Å². The highest BCUT2D eigenvalue weighted by molar-refractivity contribution is 6.74. The molecule has 2 N–H and O–H groups in total. The number of benzene rings is 2. The molecular formula is C40H52FN3O6Si. The summed E-state index contributed by atoms with van der Waals surface area (Å²) in [5.41, 5.74) is 0.997. The molecule has 11 heteroatoms. The molecule has 0 spiro atoms. The molecule has 0 saturated heterocycles. The van der Waals surface area contributed by atoms with Crippen LogP contribution in [0.15, 0.2) is 46.5 Å². The number of carbonyl (C=O) groups is 2. The largest absolute Gasteiger partial charge is 0.507 e. The minimum absolute atomic E-state index is 0.000460. The topological polar surface area (TPSA) is 114 Å². The number of halogens is 1. The van der Waals surface area contributed by atoms with Gasteiger partial charge in [-0.25, -0.2) is 4.39 Å². The van der Waals surface area contributed by atoms with Gasteiger partial charge in [-0.1, -0.05) is 65.0 Å². The molecule has 6 rings (SSSR count). The fourth-order valence-electron chi connectivity index (χ4n) is 7.85. The monoisotopic (exact) mass is 717 g/mol. The van der Waals surface area contributed by atoms with Gasteiger partial charge >= 0.3 is 0 Å². The molecule has 0 bridgehead atoms. The summed E-state index contributed by atoms with van der Waals surface area (Å²) in [7, 11) is 0.863. The summed E-state index contributed by atoms with van der Waals surface area (Å²) in [5, 5.41) is 19.4. The van der Waals surface area contributed by atoms with Gasteiger partial charge in [-0.15, -0.1) is 0 Å². The Balaban J connectivity index is 1.54. The van der Waals surface area contributed by atoms with Crippen molar-refractivity contribution < 1.29 is 32.8 Å². The van der Waals surface area contributed by atoms with Crippen LogP contribution in [0.5, 0.6) is 5.88 Å². The number of aliphatic hydroxyl groups is 1. The van der Waals surface area contributed by atoms with Crippen LogP contribution >= 0.6 is 0 Å². The second kappa shape index (κ2) is 13.3. The average molecular weight is 718 g/mol. The average Bonchev–Trinajstić information content (AvgIpc) is 3.46. The van der Waals surface area contributed by atoms with E-state index in [-0.39, 0.29) is 47.3 Å². The zero-order valence-electron chi connectivity index (χ0n) is 31.6. The van der Waals surface area contributed by atoms with E-state index in [1.165, 1.54) is 6.07 Å². The molecule has 51 heavy (non-hydrogen) atoms. The number of aliphatic hydroxyl groups excluding tert-OH is 1. The zero-order valence-corrected chi connectivity index (χ0v) is 32.6. The van der Waals surface area contributed by atoms with Gasteiger partial charge in [0.1, 0.15) is 23.7 Å². The Bertz CT molecular complexity index is 1880. The normalized spacial score (nSPS) is 23.3. The Morgan fingerprint density at radius 2 is 1.82 bits per heavy atom. The van der Waals surface area contributed by atoms with Crippen LogP contribution in [0.3, 0.4) is 0 Å². The number of fused-ring (bicyclic) bond motifs is 4. The Morgan fingerprint density at radius 1 is 1.14 bits per heavy atom. The summed E-state index contributed by atoms with van der Waals surface area (Å²) in [6.45, 7) is 17.1. The third-order valence-electron chi connectivity index (χ3n) is 11.6. The molecular weight excluding hydrogens is 666 g/mol. The van der Waals surface area contributed by atoms with Crippen molar-refractivity contribution in [2.24, 2.45) is 17.8 Å². The fourth-order valence-corrected chi connectivity index (χ4v) is 9.29. The van der Waals surface area contributed by atoms with E-state index >= 15 is 14.0 Å². The highest BCUT2D eigenvalue weighted by atomic mass is 28.4. The van der Waals surface area contributed by atoms with Crippen molar-refractivity contribution in [1.29, 1.82) is 0 Å². The summed E-state index contributed by atoms with van der Waals surface area (Å²) in [4.78, 5) is 32.8. The van der Waals surface area contributed by atoms with Gasteiger partial charge < -0.3 is 24.1 Å². The summed E-state index contributed by atoms with van der Waals surface area (Å²) in [5.74, 6) is -2.36. The lowest BCUT2D eigenvalue weighted by molar-refractivity contribution is -0.140. The third-order valence-corrected chi connectivity index (χ3v) is 16.0. The Labute approximate surface area is 301 Å². The number of hydrogen-bond acceptors (Lipinski definition) is 9. The Kier molecular flexibility index (Phi) is 9.65. The van der Waals surface area contributed by atoms with Gasteiger partial charge in [0.2, 0.25) is 11.6 Å². The molecule has 1 aromatic heterocycles. The lowest BCUT2D eigenvalue weighted by atomic mass is 9.57. The number of anilines is 1. The maximum Gasteiger partial charge on any atom is 0.265 e. The molecule has 0 unspecified atom stereocenters. The number of ketones is 2. The van der Waals surface area contributed by atoms with Crippen molar-refractivity contribution >= 4 is 31.3 Å². The predicted molar refractivity (Wildman–Crippen MR) is 198 cm³/mol. The van der Waals surface area contributed by atoms with Crippen LogP contribution in [0.1, 0.15) is 91.9 Å². The van der Waals surface area contributed by atoms with E-state index in [9.17, 15) is 5.11 Å². The van der Waals surface area contributed by atoms with Crippen LogP contribution in [0.25, 0.3) is 5.76 Å². The minimum Gasteiger partial charge on any atom is -0.507 e. The Morgan fingerprint density at radius 3 is 2.45 bits per heavy atom. The maximum absolute atomic E-state index is 16.0. The molecule has 9 nitrogen and oxygen atoms in total. The molecule has 1 fully saturated rings. The number of Topliss-reactive ketones (excluding diaryl/α,β-unsaturated/α-hetero) is 2. The molecule has 0 radical (unpaired) electrons.